The van der Waals surface area contributed by atoms with E-state index >= 15 is 0 Å². The van der Waals surface area contributed by atoms with Crippen LogP contribution in [0.15, 0.2) is 27.1 Å². The lowest BCUT2D eigenvalue weighted by Crippen LogP contribution is -2.48. The topological polar surface area (TPSA) is 15.3 Å². The molecule has 100 valence electrons. The van der Waals surface area contributed by atoms with Crippen molar-refractivity contribution in [3.8, 4) is 0 Å². The maximum atomic E-state index is 3.70. The number of piperidine rings is 1. The van der Waals surface area contributed by atoms with E-state index in [4.69, 9.17) is 0 Å². The van der Waals surface area contributed by atoms with E-state index in [-0.39, 0.29) is 0 Å². The zero-order valence-corrected chi connectivity index (χ0v) is 14.3. The molecule has 0 spiro atoms. The second-order valence-corrected chi connectivity index (χ2v) is 7.06. The van der Waals surface area contributed by atoms with Gasteiger partial charge in [0.25, 0.3) is 0 Å². The minimum Gasteiger partial charge on any atom is -0.380 e. The normalized spacial score (nSPS) is 29.3. The Kier molecular flexibility index (Phi) is 4.73. The Labute approximate surface area is 126 Å². The molecule has 0 saturated carbocycles. The average molecular weight is 376 g/mol. The van der Waals surface area contributed by atoms with Crippen molar-refractivity contribution in [3.63, 3.8) is 0 Å². The zero-order chi connectivity index (χ0) is 13.3. The minimum absolute atomic E-state index is 0.534. The number of para-hydroxylation sites is 1. The summed E-state index contributed by atoms with van der Waals surface area (Å²) in [4.78, 5) is 2.44. The van der Waals surface area contributed by atoms with Gasteiger partial charge in [-0.05, 0) is 70.3 Å². The Morgan fingerprint density at radius 1 is 1.22 bits per heavy atom. The number of anilines is 1. The standard InChI is InChI=1S/C14H20Br2N2/c1-9-8-18(3)10(2)7-13(9)17-14-11(15)5-4-6-12(14)16/h4-6,9-10,13,17H,7-8H2,1-3H3. The monoisotopic (exact) mass is 374 g/mol. The molecule has 0 bridgehead atoms. The van der Waals surface area contributed by atoms with E-state index in [1.165, 1.54) is 12.1 Å². The summed E-state index contributed by atoms with van der Waals surface area (Å²) in [5, 5.41) is 3.70. The summed E-state index contributed by atoms with van der Waals surface area (Å²) >= 11 is 7.24. The lowest BCUT2D eigenvalue weighted by molar-refractivity contribution is 0.145. The van der Waals surface area contributed by atoms with E-state index in [2.05, 4.69) is 75.1 Å². The van der Waals surface area contributed by atoms with Crippen LogP contribution in [0.1, 0.15) is 20.3 Å². The molecule has 4 heteroatoms. The van der Waals surface area contributed by atoms with Crippen LogP contribution in [-0.2, 0) is 0 Å². The van der Waals surface area contributed by atoms with Crippen LogP contribution in [-0.4, -0.2) is 30.6 Å². The number of nitrogens with zero attached hydrogens (tertiary/aromatic N) is 1. The van der Waals surface area contributed by atoms with E-state index < -0.39 is 0 Å². The number of rotatable bonds is 2. The highest BCUT2D eigenvalue weighted by Gasteiger charge is 2.29. The van der Waals surface area contributed by atoms with Crippen molar-refractivity contribution < 1.29 is 0 Å². The third-order valence-corrected chi connectivity index (χ3v) is 5.22. The first-order valence-electron chi connectivity index (χ1n) is 6.40. The van der Waals surface area contributed by atoms with Crippen LogP contribution < -0.4 is 5.32 Å². The third kappa shape index (κ3) is 3.09. The molecular weight excluding hydrogens is 356 g/mol. The van der Waals surface area contributed by atoms with Gasteiger partial charge < -0.3 is 10.2 Å². The first-order valence-corrected chi connectivity index (χ1v) is 7.98. The lowest BCUT2D eigenvalue weighted by atomic mass is 9.89. The molecule has 1 N–H and O–H groups in total. The van der Waals surface area contributed by atoms with Gasteiger partial charge in [-0.15, -0.1) is 0 Å². The molecule has 1 aromatic carbocycles. The summed E-state index contributed by atoms with van der Waals surface area (Å²) in [5.74, 6) is 0.658. The second kappa shape index (κ2) is 5.93. The number of benzene rings is 1. The van der Waals surface area contributed by atoms with Crippen LogP contribution in [0.4, 0.5) is 5.69 Å². The highest BCUT2D eigenvalue weighted by molar-refractivity contribution is 9.11. The fourth-order valence-electron chi connectivity index (χ4n) is 2.56. The van der Waals surface area contributed by atoms with Crippen LogP contribution in [0.2, 0.25) is 0 Å². The number of likely N-dealkylation sites (tertiary alicyclic amines) is 1. The van der Waals surface area contributed by atoms with Crippen molar-refractivity contribution in [3.05, 3.63) is 27.1 Å². The van der Waals surface area contributed by atoms with Gasteiger partial charge in [-0.25, -0.2) is 0 Å². The van der Waals surface area contributed by atoms with Crippen LogP contribution >= 0.6 is 31.9 Å². The molecule has 1 heterocycles. The Balaban J connectivity index is 2.14. The summed E-state index contributed by atoms with van der Waals surface area (Å²) in [7, 11) is 2.21. The highest BCUT2D eigenvalue weighted by atomic mass is 79.9. The van der Waals surface area contributed by atoms with Gasteiger partial charge in [0.05, 0.1) is 5.69 Å². The fourth-order valence-corrected chi connectivity index (χ4v) is 3.79. The molecule has 0 radical (unpaired) electrons. The largest absolute Gasteiger partial charge is 0.380 e. The Morgan fingerprint density at radius 2 is 1.83 bits per heavy atom. The van der Waals surface area contributed by atoms with Gasteiger partial charge in [0, 0.05) is 27.6 Å². The third-order valence-electron chi connectivity index (χ3n) is 3.90. The van der Waals surface area contributed by atoms with Crippen molar-refractivity contribution in [2.24, 2.45) is 5.92 Å². The van der Waals surface area contributed by atoms with E-state index in [0.717, 1.165) is 15.5 Å². The van der Waals surface area contributed by atoms with Gasteiger partial charge in [0.2, 0.25) is 0 Å². The first kappa shape index (κ1) is 14.4. The highest BCUT2D eigenvalue weighted by Crippen LogP contribution is 2.33. The lowest BCUT2D eigenvalue weighted by Gasteiger charge is -2.40. The second-order valence-electron chi connectivity index (χ2n) is 5.35. The summed E-state index contributed by atoms with van der Waals surface area (Å²) in [6.45, 7) is 5.78. The predicted octanol–water partition coefficient (Wildman–Crippen LogP) is 4.35. The smallest absolute Gasteiger partial charge is 0.0631 e. The van der Waals surface area contributed by atoms with Gasteiger partial charge in [-0.2, -0.15) is 0 Å². The summed E-state index contributed by atoms with van der Waals surface area (Å²) in [6.07, 6.45) is 1.19. The molecule has 0 aliphatic carbocycles. The molecule has 1 saturated heterocycles. The number of hydrogen-bond acceptors (Lipinski definition) is 2. The molecule has 3 atom stereocenters. The molecule has 18 heavy (non-hydrogen) atoms. The van der Waals surface area contributed by atoms with Crippen molar-refractivity contribution in [2.75, 3.05) is 18.9 Å². The van der Waals surface area contributed by atoms with Gasteiger partial charge >= 0.3 is 0 Å². The molecule has 0 amide bonds. The van der Waals surface area contributed by atoms with Crippen LogP contribution in [0.3, 0.4) is 0 Å². The Morgan fingerprint density at radius 3 is 2.44 bits per heavy atom. The van der Waals surface area contributed by atoms with Crippen molar-refractivity contribution in [1.29, 1.82) is 0 Å². The molecule has 3 unspecified atom stereocenters. The fraction of sp³-hybridized carbons (Fsp3) is 0.571. The Hall–Kier alpha value is -0.0600. The number of nitrogens with one attached hydrogen (secondary N) is 1. The molecule has 1 aliphatic heterocycles. The SMILES string of the molecule is CC1CN(C)C(C)CC1Nc1c(Br)cccc1Br. The van der Waals surface area contributed by atoms with Crippen molar-refractivity contribution in [2.45, 2.75) is 32.4 Å². The molecule has 2 rings (SSSR count). The summed E-state index contributed by atoms with van der Waals surface area (Å²) < 4.78 is 2.24. The van der Waals surface area contributed by atoms with E-state index in [1.54, 1.807) is 0 Å². The maximum absolute atomic E-state index is 3.70. The van der Waals surface area contributed by atoms with E-state index in [1.807, 2.05) is 6.07 Å². The summed E-state index contributed by atoms with van der Waals surface area (Å²) in [5.41, 5.74) is 1.17. The maximum Gasteiger partial charge on any atom is 0.0631 e. The number of halogens is 2. The summed E-state index contributed by atoms with van der Waals surface area (Å²) in [6, 6.07) is 7.37. The first-order chi connectivity index (χ1) is 8.49. The van der Waals surface area contributed by atoms with Crippen LogP contribution in [0.5, 0.6) is 0 Å². The molecular formula is C14H20Br2N2. The van der Waals surface area contributed by atoms with Gasteiger partial charge in [-0.3, -0.25) is 0 Å². The minimum atomic E-state index is 0.534. The van der Waals surface area contributed by atoms with E-state index in [0.29, 0.717) is 18.0 Å². The Bertz CT molecular complexity index is 402. The predicted molar refractivity (Wildman–Crippen MR) is 85.1 cm³/mol. The van der Waals surface area contributed by atoms with Gasteiger partial charge in [0.1, 0.15) is 0 Å². The van der Waals surface area contributed by atoms with Crippen LogP contribution in [0, 0.1) is 5.92 Å². The number of hydrogen-bond donors (Lipinski definition) is 1. The van der Waals surface area contributed by atoms with Gasteiger partial charge in [0.15, 0.2) is 0 Å². The zero-order valence-electron chi connectivity index (χ0n) is 11.1. The molecule has 1 aromatic rings. The molecule has 2 nitrogen and oxygen atoms in total. The quantitative estimate of drug-likeness (QED) is 0.826. The molecule has 1 fully saturated rings. The molecule has 1 aliphatic rings. The van der Waals surface area contributed by atoms with Crippen LogP contribution in [0.25, 0.3) is 0 Å². The van der Waals surface area contributed by atoms with Crippen molar-refractivity contribution >= 4 is 37.5 Å². The van der Waals surface area contributed by atoms with E-state index in [9.17, 15) is 0 Å². The molecule has 0 aromatic heterocycles. The van der Waals surface area contributed by atoms with Gasteiger partial charge in [-0.1, -0.05) is 13.0 Å². The van der Waals surface area contributed by atoms with Crippen molar-refractivity contribution in [1.82, 2.24) is 4.90 Å². The average Bonchev–Trinajstić information content (AvgIpc) is 2.30.